The summed E-state index contributed by atoms with van der Waals surface area (Å²) in [4.78, 5) is 29.8. The van der Waals surface area contributed by atoms with Gasteiger partial charge in [-0.25, -0.2) is 18.4 Å². The fourth-order valence-corrected chi connectivity index (χ4v) is 10.00. The summed E-state index contributed by atoms with van der Waals surface area (Å²) >= 11 is 3.58. The fourth-order valence-electron chi connectivity index (χ4n) is 8.24. The quantitative estimate of drug-likeness (QED) is 0.115. The molecule has 0 saturated carbocycles. The van der Waals surface area contributed by atoms with Gasteiger partial charge in [0.1, 0.15) is 30.3 Å². The summed E-state index contributed by atoms with van der Waals surface area (Å²) in [6, 6.07) is 12.0. The molecule has 0 bridgehead atoms. The minimum atomic E-state index is -2.89. The molecule has 0 amide bonds. The van der Waals surface area contributed by atoms with E-state index in [1.165, 1.54) is 22.4 Å². The average Bonchev–Trinajstić information content (AvgIpc) is 3.20. The van der Waals surface area contributed by atoms with Crippen LogP contribution in [0.15, 0.2) is 64.1 Å². The zero-order valence-corrected chi connectivity index (χ0v) is 36.2. The van der Waals surface area contributed by atoms with Crippen molar-refractivity contribution < 1.29 is 18.1 Å². The Hall–Kier alpha value is -4.43. The minimum absolute atomic E-state index is 0.227. The van der Waals surface area contributed by atoms with Crippen LogP contribution in [0.4, 0.5) is 37.6 Å². The van der Waals surface area contributed by atoms with Gasteiger partial charge in [0, 0.05) is 93.1 Å². The molecule has 3 aromatic carbocycles. The van der Waals surface area contributed by atoms with Gasteiger partial charge in [-0.05, 0) is 103 Å². The molecule has 2 aromatic heterocycles. The van der Waals surface area contributed by atoms with Gasteiger partial charge in [0.2, 0.25) is 5.95 Å². The number of aryl methyl sites for hydroxylation is 2. The molecule has 2 aliphatic heterocycles. The second-order valence-corrected chi connectivity index (χ2v) is 19.3. The van der Waals surface area contributed by atoms with Gasteiger partial charge in [-0.3, -0.25) is 9.69 Å². The van der Waals surface area contributed by atoms with Gasteiger partial charge in [0.25, 0.3) is 5.56 Å². The van der Waals surface area contributed by atoms with Gasteiger partial charge in [0.05, 0.1) is 34.5 Å². The smallest absolute Gasteiger partial charge is 0.274 e. The summed E-state index contributed by atoms with van der Waals surface area (Å²) in [6.07, 6.45) is 6.85. The maximum atomic E-state index is 13.7. The van der Waals surface area contributed by atoms with Crippen molar-refractivity contribution in [3.05, 3.63) is 92.4 Å². The minimum Gasteiger partial charge on any atom is -0.494 e. The van der Waals surface area contributed by atoms with Crippen molar-refractivity contribution in [2.75, 3.05) is 81.8 Å². The van der Waals surface area contributed by atoms with Crippen LogP contribution in [-0.4, -0.2) is 102 Å². The molecule has 0 unspecified atom stereocenters. The van der Waals surface area contributed by atoms with Crippen LogP contribution in [0.5, 0.6) is 5.75 Å². The van der Waals surface area contributed by atoms with E-state index in [0.717, 1.165) is 82.5 Å². The number of methoxy groups -OCH3 is 1. The Balaban J connectivity index is 1.01. The maximum absolute atomic E-state index is 13.7. The number of halogens is 3. The Morgan fingerprint density at radius 3 is 2.29 bits per heavy atom. The molecule has 2 aliphatic rings. The first kappa shape index (κ1) is 41.7. The van der Waals surface area contributed by atoms with Crippen molar-refractivity contribution in [3.8, 4) is 5.75 Å². The number of piperidine rings is 1. The monoisotopic (exact) mass is 877 g/mol. The fraction of sp³-hybridized carbons (Fsp3) is 0.429. The van der Waals surface area contributed by atoms with Crippen LogP contribution >= 0.6 is 23.1 Å². The molecule has 7 rings (SSSR count). The van der Waals surface area contributed by atoms with Crippen LogP contribution in [0.3, 0.4) is 0 Å². The predicted molar refractivity (Wildman–Crippen MR) is 233 cm³/mol. The number of piperazine rings is 1. The Labute approximate surface area is 346 Å². The second kappa shape index (κ2) is 17.8. The normalized spacial score (nSPS) is 15.9. The number of aromatic nitrogens is 4. The first-order valence-electron chi connectivity index (χ1n) is 19.9. The summed E-state index contributed by atoms with van der Waals surface area (Å²) in [7, 11) is -1.24. The molecular formula is C42H51BrF2N9O3P. The van der Waals surface area contributed by atoms with E-state index in [9.17, 15) is 18.1 Å². The highest BCUT2D eigenvalue weighted by atomic mass is 79.9. The van der Waals surface area contributed by atoms with Crippen LogP contribution in [0.1, 0.15) is 37.8 Å². The summed E-state index contributed by atoms with van der Waals surface area (Å²) in [5.74, 6) is 0.430. The van der Waals surface area contributed by atoms with E-state index < -0.39 is 18.8 Å². The van der Waals surface area contributed by atoms with Crippen molar-refractivity contribution in [1.82, 2.24) is 29.5 Å². The third-order valence-electron chi connectivity index (χ3n) is 11.2. The molecule has 0 spiro atoms. The molecule has 0 aliphatic carbocycles. The van der Waals surface area contributed by atoms with Crippen molar-refractivity contribution in [2.24, 2.45) is 0 Å². The molecule has 58 heavy (non-hydrogen) atoms. The van der Waals surface area contributed by atoms with E-state index in [2.05, 4.69) is 70.4 Å². The van der Waals surface area contributed by atoms with Crippen molar-refractivity contribution in [2.45, 2.75) is 52.1 Å². The Kier molecular flexibility index (Phi) is 12.8. The predicted octanol–water partition coefficient (Wildman–Crippen LogP) is 7.38. The lowest BCUT2D eigenvalue weighted by atomic mass is 9.99. The van der Waals surface area contributed by atoms with Crippen LogP contribution in [0.25, 0.3) is 10.8 Å². The van der Waals surface area contributed by atoms with Crippen molar-refractivity contribution >= 4 is 68.0 Å². The van der Waals surface area contributed by atoms with Crippen LogP contribution < -0.4 is 31.1 Å². The van der Waals surface area contributed by atoms with Gasteiger partial charge < -0.3 is 29.7 Å². The number of rotatable bonds is 13. The molecule has 2 saturated heterocycles. The molecule has 0 radical (unpaired) electrons. The molecule has 4 heterocycles. The van der Waals surface area contributed by atoms with E-state index in [1.807, 2.05) is 6.92 Å². The number of benzene rings is 3. The molecule has 2 N–H and O–H groups in total. The average molecular weight is 879 g/mol. The van der Waals surface area contributed by atoms with E-state index in [0.29, 0.717) is 68.3 Å². The van der Waals surface area contributed by atoms with Gasteiger partial charge in [-0.2, -0.15) is 10.1 Å². The Bertz CT molecular complexity index is 2370. The Morgan fingerprint density at radius 2 is 1.64 bits per heavy atom. The lowest BCUT2D eigenvalue weighted by molar-refractivity contribution is 0.0855. The van der Waals surface area contributed by atoms with Crippen molar-refractivity contribution in [1.29, 1.82) is 0 Å². The number of hydrogen-bond acceptors (Lipinski definition) is 11. The van der Waals surface area contributed by atoms with Gasteiger partial charge in [0.15, 0.2) is 0 Å². The molecule has 16 heteroatoms. The summed E-state index contributed by atoms with van der Waals surface area (Å²) in [5.41, 5.74) is 4.12. The van der Waals surface area contributed by atoms with Gasteiger partial charge in [-0.15, -0.1) is 0 Å². The second-order valence-electron chi connectivity index (χ2n) is 15.3. The molecule has 0 atom stereocenters. The highest BCUT2D eigenvalue weighted by molar-refractivity contribution is 9.10. The number of ether oxygens (including phenoxy) is 1. The van der Waals surface area contributed by atoms with Crippen molar-refractivity contribution in [3.63, 3.8) is 0 Å². The molecule has 308 valence electrons. The molecule has 5 aromatic rings. The van der Waals surface area contributed by atoms with Gasteiger partial charge in [-0.1, -0.05) is 6.92 Å². The van der Waals surface area contributed by atoms with E-state index >= 15 is 0 Å². The Morgan fingerprint density at radius 1 is 0.914 bits per heavy atom. The summed E-state index contributed by atoms with van der Waals surface area (Å²) in [5, 5.41) is 12.6. The topological polar surface area (TPSA) is 121 Å². The number of nitrogens with one attached hydrogen (secondary N) is 2. The number of hydrogen-bond donors (Lipinski definition) is 2. The molecular weight excluding hydrogens is 827 g/mol. The summed E-state index contributed by atoms with van der Waals surface area (Å²) in [6.45, 7) is 14.4. The van der Waals surface area contributed by atoms with E-state index in [4.69, 9.17) is 9.72 Å². The third kappa shape index (κ3) is 9.22. The number of nitrogens with zero attached hydrogens (tertiary/aromatic N) is 7. The van der Waals surface area contributed by atoms with Gasteiger partial charge >= 0.3 is 0 Å². The maximum Gasteiger partial charge on any atom is 0.274 e. The standard InChI is InChI=1S/C42H51BrF2N9O3P/c1-6-28-22-36(49-42-46-26-34(43)40(50-42)48-35-9-8-32-33(39(35)58(4,5)56)25-47-54(7-2)41(32)55)38(57-3)24-37(28)53-14-11-31(12-15-53)52-18-16-51(17-19-52)13-10-27-20-29(44)23-30(45)21-27/h8-9,20-26,31H,6-7,10-19H2,1-5H3,(H2,46,48,49,50). The number of anilines is 5. The van der Waals surface area contributed by atoms with Crippen LogP contribution in [0.2, 0.25) is 0 Å². The lowest BCUT2D eigenvalue weighted by Crippen LogP contribution is -2.53. The largest absolute Gasteiger partial charge is 0.494 e. The van der Waals surface area contributed by atoms with E-state index in [1.54, 1.807) is 45.0 Å². The van der Waals surface area contributed by atoms with Crippen LogP contribution in [0, 0.1) is 11.6 Å². The lowest BCUT2D eigenvalue weighted by Gasteiger charge is -2.43. The zero-order valence-electron chi connectivity index (χ0n) is 33.7. The SMILES string of the molecule is CCc1cc(Nc2ncc(Br)c(Nc3ccc4c(=O)n(CC)ncc4c3P(C)(C)=O)n2)c(OC)cc1N1CCC(N2CCN(CCc3cc(F)cc(F)c3)CC2)CC1. The van der Waals surface area contributed by atoms with E-state index in [-0.39, 0.29) is 5.56 Å². The highest BCUT2D eigenvalue weighted by Gasteiger charge is 2.29. The summed E-state index contributed by atoms with van der Waals surface area (Å²) < 4.78 is 48.9. The third-order valence-corrected chi connectivity index (χ3v) is 13.4. The zero-order chi connectivity index (χ0) is 41.1. The number of fused-ring (bicyclic) bond motifs is 1. The first-order chi connectivity index (χ1) is 27.8. The first-order valence-corrected chi connectivity index (χ1v) is 23.3. The molecule has 2 fully saturated rings. The highest BCUT2D eigenvalue weighted by Crippen LogP contribution is 2.42. The molecule has 12 nitrogen and oxygen atoms in total. The van der Waals surface area contributed by atoms with Crippen LogP contribution in [-0.2, 0) is 24.0 Å².